The summed E-state index contributed by atoms with van der Waals surface area (Å²) in [7, 11) is 1.74. The van der Waals surface area contributed by atoms with Crippen LogP contribution in [0.4, 0.5) is 0 Å². The fourth-order valence-corrected chi connectivity index (χ4v) is 4.77. The number of methoxy groups -OCH3 is 1. The summed E-state index contributed by atoms with van der Waals surface area (Å²) in [6, 6.07) is 15.3. The van der Waals surface area contributed by atoms with Crippen molar-refractivity contribution in [3.63, 3.8) is 0 Å². The van der Waals surface area contributed by atoms with Crippen molar-refractivity contribution >= 4 is 10.9 Å². The number of fused-ring (bicyclic) bond motifs is 7. The molecule has 3 nitrogen and oxygen atoms in total. The summed E-state index contributed by atoms with van der Waals surface area (Å²) in [5, 5.41) is 1.31. The van der Waals surface area contributed by atoms with Crippen molar-refractivity contribution in [3.8, 4) is 5.75 Å². The fraction of sp³-hybridized carbons (Fsp3) is 0.333. The molecule has 0 fully saturated rings. The first kappa shape index (κ1) is 14.1. The van der Waals surface area contributed by atoms with Crippen LogP contribution in [0.5, 0.6) is 5.75 Å². The molecule has 3 heterocycles. The maximum atomic E-state index is 5.45. The number of rotatable bonds is 1. The highest BCUT2D eigenvalue weighted by Gasteiger charge is 2.45. The van der Waals surface area contributed by atoms with E-state index >= 15 is 0 Å². The zero-order valence-electron chi connectivity index (χ0n) is 14.2. The second-order valence-electron chi connectivity index (χ2n) is 7.11. The Morgan fingerprint density at radius 2 is 1.92 bits per heavy atom. The van der Waals surface area contributed by atoms with Gasteiger partial charge in [0.25, 0.3) is 0 Å². The van der Waals surface area contributed by atoms with E-state index in [9.17, 15) is 0 Å². The van der Waals surface area contributed by atoms with Crippen LogP contribution >= 0.6 is 0 Å². The monoisotopic (exact) mass is 318 g/mol. The molecule has 24 heavy (non-hydrogen) atoms. The maximum absolute atomic E-state index is 5.45. The molecule has 3 heteroatoms. The van der Waals surface area contributed by atoms with Gasteiger partial charge in [0.2, 0.25) is 0 Å². The summed E-state index contributed by atoms with van der Waals surface area (Å²) in [6.45, 7) is 4.63. The number of hydrogen-bond acceptors (Lipinski definition) is 2. The van der Waals surface area contributed by atoms with E-state index in [1.807, 2.05) is 6.07 Å². The number of nitrogens with zero attached hydrogens (tertiary/aromatic N) is 1. The molecule has 3 aromatic rings. The molecule has 0 aliphatic carbocycles. The topological polar surface area (TPSA) is 28.3 Å². The molecule has 0 saturated heterocycles. The second-order valence-corrected chi connectivity index (χ2v) is 7.11. The molecule has 2 aliphatic rings. The minimum Gasteiger partial charge on any atom is -0.497 e. The first-order chi connectivity index (χ1) is 11.7. The molecule has 2 aliphatic heterocycles. The van der Waals surface area contributed by atoms with Crippen LogP contribution in [0.2, 0.25) is 0 Å². The molecule has 1 atom stereocenters. The van der Waals surface area contributed by atoms with Crippen LogP contribution in [-0.2, 0) is 18.4 Å². The van der Waals surface area contributed by atoms with Gasteiger partial charge in [0.15, 0.2) is 0 Å². The Hall–Kier alpha value is -2.26. The first-order valence-corrected chi connectivity index (χ1v) is 8.74. The molecule has 0 amide bonds. The third-order valence-corrected chi connectivity index (χ3v) is 6.06. The Bertz CT molecular complexity index is 942. The van der Waals surface area contributed by atoms with Gasteiger partial charge in [-0.15, -0.1) is 0 Å². The minimum absolute atomic E-state index is 0.0608. The van der Waals surface area contributed by atoms with Crippen molar-refractivity contribution in [1.82, 2.24) is 9.88 Å². The molecule has 122 valence electrons. The van der Waals surface area contributed by atoms with Gasteiger partial charge in [0.05, 0.1) is 12.6 Å². The van der Waals surface area contributed by atoms with Crippen LogP contribution < -0.4 is 4.74 Å². The molecule has 1 N–H and O–H groups in total. The predicted molar refractivity (Wildman–Crippen MR) is 96.7 cm³/mol. The summed E-state index contributed by atoms with van der Waals surface area (Å²) in [5.74, 6) is 0.931. The van der Waals surface area contributed by atoms with Crippen LogP contribution in [0, 0.1) is 0 Å². The van der Waals surface area contributed by atoms with Gasteiger partial charge in [-0.05, 0) is 54.7 Å². The Balaban J connectivity index is 1.80. The molecule has 0 spiro atoms. The zero-order chi connectivity index (χ0) is 16.3. The number of H-pyrrole nitrogens is 1. The lowest BCUT2D eigenvalue weighted by Crippen LogP contribution is -2.53. The lowest BCUT2D eigenvalue weighted by Gasteiger charge is -2.49. The highest BCUT2D eigenvalue weighted by atomic mass is 16.5. The predicted octanol–water partition coefficient (Wildman–Crippen LogP) is 3.85. The summed E-state index contributed by atoms with van der Waals surface area (Å²) < 4.78 is 5.45. The van der Waals surface area contributed by atoms with Crippen molar-refractivity contribution in [3.05, 3.63) is 64.8 Å². The van der Waals surface area contributed by atoms with Crippen LogP contribution in [0.15, 0.2) is 42.5 Å². The van der Waals surface area contributed by atoms with E-state index in [1.165, 1.54) is 33.3 Å². The van der Waals surface area contributed by atoms with Gasteiger partial charge >= 0.3 is 0 Å². The molecule has 1 unspecified atom stereocenters. The lowest BCUT2D eigenvalue weighted by molar-refractivity contribution is 0.112. The van der Waals surface area contributed by atoms with Gasteiger partial charge in [-0.3, -0.25) is 4.90 Å². The van der Waals surface area contributed by atoms with Gasteiger partial charge in [0, 0.05) is 29.7 Å². The molecule has 5 rings (SSSR count). The number of aromatic amines is 1. The number of benzene rings is 2. The largest absolute Gasteiger partial charge is 0.497 e. The first-order valence-electron chi connectivity index (χ1n) is 8.74. The smallest absolute Gasteiger partial charge is 0.119 e. The Kier molecular flexibility index (Phi) is 2.86. The van der Waals surface area contributed by atoms with E-state index < -0.39 is 0 Å². The van der Waals surface area contributed by atoms with Crippen molar-refractivity contribution < 1.29 is 4.74 Å². The average molecular weight is 318 g/mol. The number of ether oxygens (including phenoxy) is 1. The van der Waals surface area contributed by atoms with Crippen LogP contribution in [0.25, 0.3) is 10.9 Å². The minimum atomic E-state index is -0.0608. The number of hydrogen-bond donors (Lipinski definition) is 1. The number of aromatic nitrogens is 1. The van der Waals surface area contributed by atoms with Crippen molar-refractivity contribution in [2.24, 2.45) is 0 Å². The molecule has 0 radical (unpaired) electrons. The molecule has 1 aromatic heterocycles. The van der Waals surface area contributed by atoms with E-state index in [-0.39, 0.29) is 5.54 Å². The van der Waals surface area contributed by atoms with Gasteiger partial charge in [-0.25, -0.2) is 0 Å². The van der Waals surface area contributed by atoms with Gasteiger partial charge in [-0.1, -0.05) is 24.3 Å². The number of nitrogens with one attached hydrogen (secondary N) is 1. The zero-order valence-corrected chi connectivity index (χ0v) is 14.2. The molecule has 2 aromatic carbocycles. The lowest BCUT2D eigenvalue weighted by atomic mass is 9.75. The van der Waals surface area contributed by atoms with E-state index in [0.717, 1.165) is 31.7 Å². The van der Waals surface area contributed by atoms with Crippen molar-refractivity contribution in [2.75, 3.05) is 20.2 Å². The van der Waals surface area contributed by atoms with E-state index in [0.29, 0.717) is 0 Å². The van der Waals surface area contributed by atoms with Crippen molar-refractivity contribution in [2.45, 2.75) is 25.3 Å². The highest BCUT2D eigenvalue weighted by molar-refractivity contribution is 5.87. The molecular formula is C21H22N2O. The Morgan fingerprint density at radius 1 is 1.08 bits per heavy atom. The van der Waals surface area contributed by atoms with Crippen LogP contribution in [0.1, 0.15) is 29.3 Å². The normalized spacial score (nSPS) is 22.8. The molecular weight excluding hydrogens is 296 g/mol. The standard InChI is InChI=1S/C21H22N2O/c1-21-18-6-4-3-5-14(18)9-11-23(21)12-10-16-17-13-15(24-2)7-8-19(17)22-20(16)21/h3-8,13,22H,9-12H2,1-2H3. The third-order valence-electron chi connectivity index (χ3n) is 6.06. The highest BCUT2D eigenvalue weighted by Crippen LogP contribution is 2.46. The Morgan fingerprint density at radius 3 is 2.79 bits per heavy atom. The van der Waals surface area contributed by atoms with E-state index in [4.69, 9.17) is 4.74 Å². The third kappa shape index (κ3) is 1.71. The summed E-state index contributed by atoms with van der Waals surface area (Å²) >= 11 is 0. The van der Waals surface area contributed by atoms with E-state index in [1.54, 1.807) is 7.11 Å². The molecule has 0 bridgehead atoms. The molecule has 0 saturated carbocycles. The van der Waals surface area contributed by atoms with Crippen LogP contribution in [-0.4, -0.2) is 30.1 Å². The van der Waals surface area contributed by atoms with Gasteiger partial charge in [-0.2, -0.15) is 0 Å². The maximum Gasteiger partial charge on any atom is 0.119 e. The van der Waals surface area contributed by atoms with Crippen LogP contribution in [0.3, 0.4) is 0 Å². The summed E-state index contributed by atoms with van der Waals surface area (Å²) in [5.41, 5.74) is 6.92. The van der Waals surface area contributed by atoms with E-state index in [2.05, 4.69) is 53.2 Å². The average Bonchev–Trinajstić information content (AvgIpc) is 3.00. The SMILES string of the molecule is COc1ccc2[nH]c3c(c2c1)CCN1CCc2ccccc2C31C. The second kappa shape index (κ2) is 4.87. The summed E-state index contributed by atoms with van der Waals surface area (Å²) in [6.07, 6.45) is 2.25. The quantitative estimate of drug-likeness (QED) is 0.738. The van der Waals surface area contributed by atoms with Gasteiger partial charge < -0.3 is 9.72 Å². The fourth-order valence-electron chi connectivity index (χ4n) is 4.77. The Labute approximate surface area is 142 Å². The summed E-state index contributed by atoms with van der Waals surface area (Å²) in [4.78, 5) is 6.39. The van der Waals surface area contributed by atoms with Gasteiger partial charge in [0.1, 0.15) is 5.75 Å². The van der Waals surface area contributed by atoms with Crippen molar-refractivity contribution in [1.29, 1.82) is 0 Å².